The largest absolute Gasteiger partial charge is 0.478 e. The highest BCUT2D eigenvalue weighted by atomic mass is 16.5. The van der Waals surface area contributed by atoms with Crippen molar-refractivity contribution in [3.63, 3.8) is 0 Å². The van der Waals surface area contributed by atoms with Crippen molar-refractivity contribution in [2.45, 2.75) is 6.42 Å². The summed E-state index contributed by atoms with van der Waals surface area (Å²) in [6, 6.07) is 13.6. The number of carboxylic acids is 1. The Labute approximate surface area is 110 Å². The zero-order chi connectivity index (χ0) is 13.7. The second kappa shape index (κ2) is 6.02. The fourth-order valence-corrected chi connectivity index (χ4v) is 1.72. The van der Waals surface area contributed by atoms with Gasteiger partial charge >= 0.3 is 5.97 Å². The molecule has 2 aromatic carbocycles. The van der Waals surface area contributed by atoms with Gasteiger partial charge in [0.15, 0.2) is 0 Å². The van der Waals surface area contributed by atoms with Crippen LogP contribution in [0, 0.1) is 0 Å². The van der Waals surface area contributed by atoms with Crippen LogP contribution >= 0.6 is 0 Å². The molecule has 4 nitrogen and oxygen atoms in total. The molecule has 0 heterocycles. The lowest BCUT2D eigenvalue weighted by Crippen LogP contribution is -1.97. The molecule has 2 N–H and O–H groups in total. The second-order valence-electron chi connectivity index (χ2n) is 4.01. The summed E-state index contributed by atoms with van der Waals surface area (Å²) in [6.07, 6.45) is 0.517. The van der Waals surface area contributed by atoms with Crippen molar-refractivity contribution < 1.29 is 19.7 Å². The number of aromatic carboxylic acids is 1. The summed E-state index contributed by atoms with van der Waals surface area (Å²) < 4.78 is 5.69. The molecule has 2 aromatic rings. The molecule has 0 unspecified atom stereocenters. The SMILES string of the molecule is O=C(O)c1ccc(Oc2ccccc2CCO)cc1. The molecule has 0 aliphatic heterocycles. The van der Waals surface area contributed by atoms with Crippen LogP contribution in [0.25, 0.3) is 0 Å². The first-order valence-electron chi connectivity index (χ1n) is 5.90. The number of aliphatic hydroxyl groups is 1. The van der Waals surface area contributed by atoms with Crippen LogP contribution in [-0.4, -0.2) is 22.8 Å². The van der Waals surface area contributed by atoms with E-state index < -0.39 is 5.97 Å². The smallest absolute Gasteiger partial charge is 0.335 e. The number of aliphatic hydroxyl groups excluding tert-OH is 1. The maximum Gasteiger partial charge on any atom is 0.335 e. The minimum absolute atomic E-state index is 0.0539. The fourth-order valence-electron chi connectivity index (χ4n) is 1.72. The molecule has 0 aliphatic rings. The second-order valence-corrected chi connectivity index (χ2v) is 4.01. The molecule has 0 saturated carbocycles. The number of rotatable bonds is 5. The van der Waals surface area contributed by atoms with E-state index in [-0.39, 0.29) is 12.2 Å². The van der Waals surface area contributed by atoms with Crippen LogP contribution in [0.1, 0.15) is 15.9 Å². The predicted octanol–water partition coefficient (Wildman–Crippen LogP) is 2.71. The van der Waals surface area contributed by atoms with Gasteiger partial charge < -0.3 is 14.9 Å². The van der Waals surface area contributed by atoms with Crippen LogP contribution in [0.5, 0.6) is 11.5 Å². The summed E-state index contributed by atoms with van der Waals surface area (Å²) in [4.78, 5) is 10.7. The molecule has 4 heteroatoms. The highest BCUT2D eigenvalue weighted by molar-refractivity contribution is 5.87. The Balaban J connectivity index is 2.19. The Kier molecular flexibility index (Phi) is 4.15. The minimum atomic E-state index is -0.966. The monoisotopic (exact) mass is 258 g/mol. The van der Waals surface area contributed by atoms with Gasteiger partial charge in [-0.05, 0) is 42.3 Å². The van der Waals surface area contributed by atoms with Crippen molar-refractivity contribution in [1.82, 2.24) is 0 Å². The third-order valence-electron chi connectivity index (χ3n) is 2.68. The lowest BCUT2D eigenvalue weighted by Gasteiger charge is -2.10. The molecular formula is C15H14O4. The van der Waals surface area contributed by atoms with Gasteiger partial charge in [-0.15, -0.1) is 0 Å². The van der Waals surface area contributed by atoms with Gasteiger partial charge in [0, 0.05) is 6.61 Å². The molecule has 98 valence electrons. The molecule has 0 aromatic heterocycles. The number of carbonyl (C=O) groups is 1. The molecule has 0 fully saturated rings. The van der Waals surface area contributed by atoms with E-state index in [0.717, 1.165) is 5.56 Å². The molecule has 0 amide bonds. The summed E-state index contributed by atoms with van der Waals surface area (Å²) in [5, 5.41) is 17.8. The Morgan fingerprint density at radius 1 is 1.05 bits per heavy atom. The molecular weight excluding hydrogens is 244 g/mol. The maximum atomic E-state index is 10.7. The number of ether oxygens (including phenoxy) is 1. The highest BCUT2D eigenvalue weighted by Gasteiger charge is 2.05. The first kappa shape index (κ1) is 13.1. The van der Waals surface area contributed by atoms with Crippen molar-refractivity contribution in [2.24, 2.45) is 0 Å². The summed E-state index contributed by atoms with van der Waals surface area (Å²) in [6.45, 7) is 0.0539. The Morgan fingerprint density at radius 3 is 2.37 bits per heavy atom. The van der Waals surface area contributed by atoms with Crippen molar-refractivity contribution in [1.29, 1.82) is 0 Å². The lowest BCUT2D eigenvalue weighted by molar-refractivity contribution is 0.0697. The number of para-hydroxylation sites is 1. The van der Waals surface area contributed by atoms with Crippen LogP contribution in [0.4, 0.5) is 0 Å². The van der Waals surface area contributed by atoms with Crippen LogP contribution in [0.3, 0.4) is 0 Å². The van der Waals surface area contributed by atoms with E-state index in [0.29, 0.717) is 17.9 Å². The number of benzene rings is 2. The van der Waals surface area contributed by atoms with E-state index in [4.69, 9.17) is 14.9 Å². The van der Waals surface area contributed by atoms with Gasteiger partial charge in [0.1, 0.15) is 11.5 Å². The average molecular weight is 258 g/mol. The molecule has 0 aliphatic carbocycles. The van der Waals surface area contributed by atoms with Crippen LogP contribution in [0.15, 0.2) is 48.5 Å². The van der Waals surface area contributed by atoms with Gasteiger partial charge in [-0.1, -0.05) is 18.2 Å². The van der Waals surface area contributed by atoms with Crippen LogP contribution in [0.2, 0.25) is 0 Å². The third-order valence-corrected chi connectivity index (χ3v) is 2.68. The summed E-state index contributed by atoms with van der Waals surface area (Å²) in [5.41, 5.74) is 1.13. The van der Waals surface area contributed by atoms with E-state index in [1.165, 1.54) is 12.1 Å². The Morgan fingerprint density at radius 2 is 1.74 bits per heavy atom. The van der Waals surface area contributed by atoms with Gasteiger partial charge in [0.2, 0.25) is 0 Å². The van der Waals surface area contributed by atoms with Gasteiger partial charge in [-0.3, -0.25) is 0 Å². The van der Waals surface area contributed by atoms with Crippen LogP contribution in [-0.2, 0) is 6.42 Å². The van der Waals surface area contributed by atoms with Crippen molar-refractivity contribution >= 4 is 5.97 Å². The zero-order valence-electron chi connectivity index (χ0n) is 10.2. The van der Waals surface area contributed by atoms with Crippen LogP contribution < -0.4 is 4.74 Å². The molecule has 0 radical (unpaired) electrons. The van der Waals surface area contributed by atoms with E-state index in [2.05, 4.69) is 0 Å². The summed E-state index contributed by atoms with van der Waals surface area (Å²) in [5.74, 6) is 0.266. The normalized spacial score (nSPS) is 10.2. The number of hydrogen-bond donors (Lipinski definition) is 2. The molecule has 2 rings (SSSR count). The Hall–Kier alpha value is -2.33. The van der Waals surface area contributed by atoms with Gasteiger partial charge in [0.05, 0.1) is 5.56 Å². The zero-order valence-corrected chi connectivity index (χ0v) is 10.2. The summed E-state index contributed by atoms with van der Waals surface area (Å²) in [7, 11) is 0. The van der Waals surface area contributed by atoms with Crippen molar-refractivity contribution in [2.75, 3.05) is 6.61 Å². The van der Waals surface area contributed by atoms with Crippen molar-refractivity contribution in [3.8, 4) is 11.5 Å². The first-order valence-corrected chi connectivity index (χ1v) is 5.90. The van der Waals surface area contributed by atoms with E-state index in [9.17, 15) is 4.79 Å². The maximum absolute atomic E-state index is 10.7. The standard InChI is InChI=1S/C15H14O4/c16-10-9-11-3-1-2-4-14(11)19-13-7-5-12(6-8-13)15(17)18/h1-8,16H,9-10H2,(H,17,18). The quantitative estimate of drug-likeness (QED) is 0.865. The average Bonchev–Trinajstić information content (AvgIpc) is 2.42. The third kappa shape index (κ3) is 3.33. The van der Waals surface area contributed by atoms with E-state index in [1.807, 2.05) is 24.3 Å². The topological polar surface area (TPSA) is 66.8 Å². The Bertz CT molecular complexity index is 561. The summed E-state index contributed by atoms with van der Waals surface area (Å²) >= 11 is 0. The molecule has 0 bridgehead atoms. The molecule has 0 saturated heterocycles. The number of hydrogen-bond acceptors (Lipinski definition) is 3. The van der Waals surface area contributed by atoms with E-state index in [1.54, 1.807) is 12.1 Å². The van der Waals surface area contributed by atoms with Gasteiger partial charge in [0.25, 0.3) is 0 Å². The van der Waals surface area contributed by atoms with Gasteiger partial charge in [-0.25, -0.2) is 4.79 Å². The number of carboxylic acid groups (broad SMARTS) is 1. The lowest BCUT2D eigenvalue weighted by atomic mass is 10.1. The fraction of sp³-hybridized carbons (Fsp3) is 0.133. The van der Waals surface area contributed by atoms with E-state index >= 15 is 0 Å². The molecule has 0 spiro atoms. The highest BCUT2D eigenvalue weighted by Crippen LogP contribution is 2.25. The molecule has 19 heavy (non-hydrogen) atoms. The first-order chi connectivity index (χ1) is 9.20. The predicted molar refractivity (Wildman–Crippen MR) is 70.7 cm³/mol. The van der Waals surface area contributed by atoms with Crippen molar-refractivity contribution in [3.05, 3.63) is 59.7 Å². The molecule has 0 atom stereocenters. The van der Waals surface area contributed by atoms with Gasteiger partial charge in [-0.2, -0.15) is 0 Å². The minimum Gasteiger partial charge on any atom is -0.478 e.